The molecule has 8 heteroatoms. The van der Waals surface area contributed by atoms with Gasteiger partial charge >= 0.3 is 6.36 Å². The van der Waals surface area contributed by atoms with Gasteiger partial charge in [-0.3, -0.25) is 4.79 Å². The quantitative estimate of drug-likeness (QED) is 0.867. The van der Waals surface area contributed by atoms with Crippen LogP contribution in [0.3, 0.4) is 0 Å². The van der Waals surface area contributed by atoms with Gasteiger partial charge in [-0.1, -0.05) is 6.07 Å². The third-order valence-corrected chi connectivity index (χ3v) is 3.50. The van der Waals surface area contributed by atoms with Gasteiger partial charge in [0.15, 0.2) is 0 Å². The maximum atomic E-state index is 13.8. The van der Waals surface area contributed by atoms with E-state index in [-0.39, 0.29) is 24.1 Å². The molecule has 1 atom stereocenters. The summed E-state index contributed by atoms with van der Waals surface area (Å²) in [5.74, 6) is -1.31. The third-order valence-electron chi connectivity index (χ3n) is 3.50. The minimum absolute atomic E-state index is 0.0186. The first-order valence-corrected chi connectivity index (χ1v) is 6.77. The van der Waals surface area contributed by atoms with Crippen LogP contribution < -0.4 is 10.1 Å². The van der Waals surface area contributed by atoms with Gasteiger partial charge in [0.25, 0.3) is 0 Å². The fraction of sp³-hybridized carbons (Fsp3) is 0.500. The molecule has 1 N–H and O–H groups in total. The zero-order chi connectivity index (χ0) is 16.3. The van der Waals surface area contributed by atoms with Crippen molar-refractivity contribution in [1.29, 1.82) is 0 Å². The van der Waals surface area contributed by atoms with Gasteiger partial charge in [0.2, 0.25) is 5.91 Å². The molecule has 22 heavy (non-hydrogen) atoms. The average Bonchev–Trinajstić information content (AvgIpc) is 2.40. The summed E-state index contributed by atoms with van der Waals surface area (Å²) < 4.78 is 54.6. The molecule has 0 bridgehead atoms. The van der Waals surface area contributed by atoms with Crippen LogP contribution in [0.15, 0.2) is 18.2 Å². The molecule has 1 amide bonds. The van der Waals surface area contributed by atoms with Crippen LogP contribution in [-0.2, 0) is 11.3 Å². The molecule has 0 radical (unpaired) electrons. The number of alkyl halides is 3. The number of piperidine rings is 1. The molecule has 0 saturated carbocycles. The number of ether oxygens (including phenoxy) is 1. The van der Waals surface area contributed by atoms with Crippen molar-refractivity contribution >= 4 is 5.91 Å². The fourth-order valence-corrected chi connectivity index (χ4v) is 2.36. The molecule has 1 aliphatic heterocycles. The number of likely N-dealkylation sites (tertiary alicyclic amines) is 1. The second-order valence-corrected chi connectivity index (χ2v) is 5.16. The van der Waals surface area contributed by atoms with E-state index in [1.807, 2.05) is 0 Å². The molecule has 4 nitrogen and oxygen atoms in total. The van der Waals surface area contributed by atoms with Crippen LogP contribution in [0.25, 0.3) is 0 Å². The Morgan fingerprint density at radius 3 is 2.77 bits per heavy atom. The first kappa shape index (κ1) is 16.5. The van der Waals surface area contributed by atoms with Gasteiger partial charge in [-0.05, 0) is 18.6 Å². The Hall–Kier alpha value is -1.83. The Kier molecular flexibility index (Phi) is 4.90. The van der Waals surface area contributed by atoms with Crippen molar-refractivity contribution in [3.8, 4) is 5.75 Å². The number of hydrogen-bond donors (Lipinski definition) is 1. The lowest BCUT2D eigenvalue weighted by Crippen LogP contribution is -2.46. The smallest absolute Gasteiger partial charge is 0.405 e. The summed E-state index contributed by atoms with van der Waals surface area (Å²) in [5, 5.41) is 2.97. The average molecular weight is 320 g/mol. The lowest BCUT2D eigenvalue weighted by molar-refractivity contribution is -0.275. The molecule has 0 unspecified atom stereocenters. The van der Waals surface area contributed by atoms with Gasteiger partial charge in [0, 0.05) is 38.2 Å². The first-order valence-electron chi connectivity index (χ1n) is 6.77. The summed E-state index contributed by atoms with van der Waals surface area (Å²) in [6.45, 7) is 0.327. The molecule has 1 aromatic carbocycles. The number of nitrogens with zero attached hydrogens (tertiary/aromatic N) is 1. The van der Waals surface area contributed by atoms with Crippen LogP contribution in [0.2, 0.25) is 0 Å². The number of rotatable bonds is 4. The minimum atomic E-state index is -4.87. The number of hydrogen-bond acceptors (Lipinski definition) is 3. The Bertz CT molecular complexity index is 548. The Morgan fingerprint density at radius 1 is 1.41 bits per heavy atom. The highest BCUT2D eigenvalue weighted by atomic mass is 19.4. The molecular formula is C14H16F4N2O2. The van der Waals surface area contributed by atoms with Crippen molar-refractivity contribution in [3.63, 3.8) is 0 Å². The SMILES string of the molecule is CN1C[C@H](NCc2c(F)cccc2OC(F)(F)F)CCC1=O. The summed E-state index contributed by atoms with van der Waals surface area (Å²) in [7, 11) is 1.65. The van der Waals surface area contributed by atoms with Crippen molar-refractivity contribution in [2.45, 2.75) is 31.8 Å². The third kappa shape index (κ3) is 4.33. The topological polar surface area (TPSA) is 41.6 Å². The number of halogens is 4. The summed E-state index contributed by atoms with van der Waals surface area (Å²) >= 11 is 0. The number of carbonyl (C=O) groups is 1. The highest BCUT2D eigenvalue weighted by Crippen LogP contribution is 2.28. The standard InChI is InChI=1S/C14H16F4N2O2/c1-20-8-9(5-6-13(20)21)19-7-10-11(15)3-2-4-12(10)22-14(16,17)18/h2-4,9,19H,5-8H2,1H3/t9-/m1/s1. The van der Waals surface area contributed by atoms with E-state index in [0.29, 0.717) is 19.4 Å². The summed E-state index contributed by atoms with van der Waals surface area (Å²) in [6, 6.07) is 3.22. The molecule has 0 aromatic heterocycles. The van der Waals surface area contributed by atoms with Crippen molar-refractivity contribution in [3.05, 3.63) is 29.6 Å². The lowest BCUT2D eigenvalue weighted by atomic mass is 10.0. The second-order valence-electron chi connectivity index (χ2n) is 5.16. The molecular weight excluding hydrogens is 304 g/mol. The summed E-state index contributed by atoms with van der Waals surface area (Å²) in [5.41, 5.74) is -0.181. The van der Waals surface area contributed by atoms with Crippen LogP contribution in [-0.4, -0.2) is 36.8 Å². The Labute approximate surface area is 125 Å². The van der Waals surface area contributed by atoms with Crippen LogP contribution in [0.4, 0.5) is 17.6 Å². The van der Waals surface area contributed by atoms with Gasteiger partial charge in [-0.15, -0.1) is 13.2 Å². The normalized spacial score (nSPS) is 19.4. The molecule has 1 saturated heterocycles. The number of carbonyl (C=O) groups excluding carboxylic acids is 1. The molecule has 0 aliphatic carbocycles. The minimum Gasteiger partial charge on any atom is -0.405 e. The molecule has 1 fully saturated rings. The zero-order valence-corrected chi connectivity index (χ0v) is 11.9. The number of nitrogens with one attached hydrogen (secondary N) is 1. The Morgan fingerprint density at radius 2 is 2.14 bits per heavy atom. The highest BCUT2D eigenvalue weighted by molar-refractivity contribution is 5.76. The van der Waals surface area contributed by atoms with Crippen LogP contribution in [0.1, 0.15) is 18.4 Å². The van der Waals surface area contributed by atoms with Gasteiger partial charge in [-0.25, -0.2) is 4.39 Å². The molecule has 0 spiro atoms. The summed E-state index contributed by atoms with van der Waals surface area (Å²) in [4.78, 5) is 12.9. The van der Waals surface area contributed by atoms with Gasteiger partial charge in [-0.2, -0.15) is 0 Å². The molecule has 122 valence electrons. The van der Waals surface area contributed by atoms with Crippen LogP contribution in [0.5, 0.6) is 5.75 Å². The predicted molar refractivity (Wildman–Crippen MR) is 70.6 cm³/mol. The zero-order valence-electron chi connectivity index (χ0n) is 11.9. The lowest BCUT2D eigenvalue weighted by Gasteiger charge is -2.30. The van der Waals surface area contributed by atoms with E-state index in [9.17, 15) is 22.4 Å². The number of amides is 1. The first-order chi connectivity index (χ1) is 10.3. The fourth-order valence-electron chi connectivity index (χ4n) is 2.36. The van der Waals surface area contributed by atoms with E-state index in [0.717, 1.165) is 18.2 Å². The molecule has 1 heterocycles. The maximum Gasteiger partial charge on any atom is 0.573 e. The summed E-state index contributed by atoms with van der Waals surface area (Å²) in [6.07, 6.45) is -3.95. The van der Waals surface area contributed by atoms with Crippen molar-refractivity contribution in [1.82, 2.24) is 10.2 Å². The van der Waals surface area contributed by atoms with Gasteiger partial charge < -0.3 is 15.0 Å². The van der Waals surface area contributed by atoms with Crippen molar-refractivity contribution in [2.24, 2.45) is 0 Å². The van der Waals surface area contributed by atoms with E-state index in [4.69, 9.17) is 0 Å². The van der Waals surface area contributed by atoms with E-state index in [2.05, 4.69) is 10.1 Å². The largest absolute Gasteiger partial charge is 0.573 e. The van der Waals surface area contributed by atoms with Crippen LogP contribution in [0, 0.1) is 5.82 Å². The predicted octanol–water partition coefficient (Wildman–Crippen LogP) is 2.43. The number of benzene rings is 1. The maximum absolute atomic E-state index is 13.8. The second kappa shape index (κ2) is 6.51. The van der Waals surface area contributed by atoms with E-state index in [1.54, 1.807) is 7.05 Å². The van der Waals surface area contributed by atoms with Crippen molar-refractivity contribution < 1.29 is 27.1 Å². The van der Waals surface area contributed by atoms with Gasteiger partial charge in [0.1, 0.15) is 11.6 Å². The number of likely N-dealkylation sites (N-methyl/N-ethyl adjacent to an activating group) is 1. The monoisotopic (exact) mass is 320 g/mol. The van der Waals surface area contributed by atoms with E-state index >= 15 is 0 Å². The van der Waals surface area contributed by atoms with E-state index in [1.165, 1.54) is 4.90 Å². The highest BCUT2D eigenvalue weighted by Gasteiger charge is 2.32. The molecule has 1 aromatic rings. The van der Waals surface area contributed by atoms with E-state index < -0.39 is 17.9 Å². The Balaban J connectivity index is 2.04. The molecule has 2 rings (SSSR count). The van der Waals surface area contributed by atoms with Crippen LogP contribution >= 0.6 is 0 Å². The molecule has 1 aliphatic rings. The van der Waals surface area contributed by atoms with Crippen molar-refractivity contribution in [2.75, 3.05) is 13.6 Å². The van der Waals surface area contributed by atoms with Gasteiger partial charge in [0.05, 0.1) is 0 Å².